The van der Waals surface area contributed by atoms with E-state index in [1.54, 1.807) is 23.5 Å². The third-order valence-electron chi connectivity index (χ3n) is 7.37. The van der Waals surface area contributed by atoms with Gasteiger partial charge in [0, 0.05) is 40.9 Å². The van der Waals surface area contributed by atoms with Crippen LogP contribution < -0.4 is 4.74 Å². The number of fused-ring (bicyclic) bond motifs is 2. The SMILES string of the molecule is CCCc1nc2c(C)cc(-c3cn4c(C)c(C)sc4n3)cc2n1Cc1ccc(-c2ccccc2OC(=O)O)cc1. The highest BCUT2D eigenvalue weighted by Crippen LogP contribution is 2.33. The van der Waals surface area contributed by atoms with E-state index in [2.05, 4.69) is 67.1 Å². The van der Waals surface area contributed by atoms with E-state index in [1.165, 1.54) is 10.6 Å². The number of aryl methyl sites for hydroxylation is 4. The Hall–Kier alpha value is -4.43. The smallest absolute Gasteiger partial charge is 0.449 e. The summed E-state index contributed by atoms with van der Waals surface area (Å²) in [6.45, 7) is 9.24. The number of benzene rings is 3. The van der Waals surface area contributed by atoms with Crippen molar-refractivity contribution >= 4 is 33.5 Å². The van der Waals surface area contributed by atoms with Crippen LogP contribution in [0.2, 0.25) is 0 Å². The summed E-state index contributed by atoms with van der Waals surface area (Å²) in [4.78, 5) is 23.4. The minimum atomic E-state index is -1.32. The van der Waals surface area contributed by atoms with Crippen molar-refractivity contribution in [2.45, 2.75) is 47.1 Å². The van der Waals surface area contributed by atoms with Crippen LogP contribution in [-0.2, 0) is 13.0 Å². The average molecular weight is 551 g/mol. The van der Waals surface area contributed by atoms with Gasteiger partial charge in [-0.2, -0.15) is 0 Å². The molecule has 3 heterocycles. The van der Waals surface area contributed by atoms with Crippen LogP contribution in [0.1, 0.15) is 40.9 Å². The van der Waals surface area contributed by atoms with E-state index in [0.717, 1.165) is 68.2 Å². The van der Waals surface area contributed by atoms with Gasteiger partial charge in [-0.05, 0) is 62.1 Å². The summed E-state index contributed by atoms with van der Waals surface area (Å²) in [5.74, 6) is 1.39. The van der Waals surface area contributed by atoms with E-state index in [0.29, 0.717) is 12.3 Å². The number of thiazole rings is 1. The molecule has 6 rings (SSSR count). The molecule has 0 saturated carbocycles. The molecule has 0 aliphatic rings. The maximum atomic E-state index is 11.1. The quantitative estimate of drug-likeness (QED) is 0.161. The van der Waals surface area contributed by atoms with Gasteiger partial charge in [-0.25, -0.2) is 14.8 Å². The first kappa shape index (κ1) is 25.8. The van der Waals surface area contributed by atoms with Gasteiger partial charge < -0.3 is 14.4 Å². The van der Waals surface area contributed by atoms with Crippen molar-refractivity contribution in [2.75, 3.05) is 0 Å². The van der Waals surface area contributed by atoms with Gasteiger partial charge in [-0.1, -0.05) is 49.4 Å². The van der Waals surface area contributed by atoms with E-state index in [1.807, 2.05) is 24.3 Å². The van der Waals surface area contributed by atoms with E-state index in [-0.39, 0.29) is 0 Å². The fourth-order valence-corrected chi connectivity index (χ4v) is 6.19. The van der Waals surface area contributed by atoms with Crippen LogP contribution in [0.3, 0.4) is 0 Å². The number of imidazole rings is 2. The lowest BCUT2D eigenvalue weighted by atomic mass is 10.0. The highest BCUT2D eigenvalue weighted by molar-refractivity contribution is 7.17. The molecule has 0 unspecified atom stereocenters. The molecule has 3 aromatic carbocycles. The van der Waals surface area contributed by atoms with Gasteiger partial charge in [-0.3, -0.25) is 4.40 Å². The molecule has 40 heavy (non-hydrogen) atoms. The molecule has 0 bridgehead atoms. The Morgan fingerprint density at radius 2 is 1.77 bits per heavy atom. The largest absolute Gasteiger partial charge is 0.511 e. The predicted octanol–water partition coefficient (Wildman–Crippen LogP) is 8.06. The van der Waals surface area contributed by atoms with Gasteiger partial charge in [0.05, 0.1) is 16.7 Å². The van der Waals surface area contributed by atoms with Crippen LogP contribution in [0.15, 0.2) is 66.9 Å². The molecule has 3 aromatic heterocycles. The van der Waals surface area contributed by atoms with Crippen molar-refractivity contribution < 1.29 is 14.6 Å². The number of carbonyl (C=O) groups is 1. The molecular formula is C32H30N4O3S. The zero-order chi connectivity index (χ0) is 28.0. The summed E-state index contributed by atoms with van der Waals surface area (Å²) in [6.07, 6.45) is 2.70. The van der Waals surface area contributed by atoms with Crippen LogP contribution in [0, 0.1) is 20.8 Å². The molecule has 0 radical (unpaired) electrons. The lowest BCUT2D eigenvalue weighted by Gasteiger charge is -2.12. The minimum absolute atomic E-state index is 0.320. The number of rotatable bonds is 7. The Kier molecular flexibility index (Phi) is 6.64. The molecule has 0 saturated heterocycles. The molecule has 1 N–H and O–H groups in total. The number of aromatic nitrogens is 4. The van der Waals surface area contributed by atoms with Gasteiger partial charge in [0.25, 0.3) is 0 Å². The number of hydrogen-bond donors (Lipinski definition) is 1. The van der Waals surface area contributed by atoms with Crippen LogP contribution in [0.5, 0.6) is 5.75 Å². The molecule has 0 fully saturated rings. The number of para-hydroxylation sites is 1. The number of hydrogen-bond acceptors (Lipinski definition) is 5. The zero-order valence-electron chi connectivity index (χ0n) is 22.9. The second-order valence-corrected chi connectivity index (χ2v) is 11.3. The van der Waals surface area contributed by atoms with Crippen molar-refractivity contribution in [1.82, 2.24) is 18.9 Å². The Morgan fingerprint density at radius 1 is 1.00 bits per heavy atom. The molecule has 0 aliphatic carbocycles. The van der Waals surface area contributed by atoms with E-state index >= 15 is 0 Å². The van der Waals surface area contributed by atoms with Crippen molar-refractivity contribution in [3.05, 3.63) is 94.4 Å². The molecule has 6 aromatic rings. The fraction of sp³-hybridized carbons (Fsp3) is 0.219. The molecule has 0 spiro atoms. The van der Waals surface area contributed by atoms with E-state index < -0.39 is 6.16 Å². The van der Waals surface area contributed by atoms with Crippen molar-refractivity contribution in [2.24, 2.45) is 0 Å². The molecule has 202 valence electrons. The Bertz CT molecular complexity index is 1880. The summed E-state index contributed by atoms with van der Waals surface area (Å²) in [7, 11) is 0. The highest BCUT2D eigenvalue weighted by Gasteiger charge is 2.17. The summed E-state index contributed by atoms with van der Waals surface area (Å²) in [6, 6.07) is 19.8. The normalized spacial score (nSPS) is 11.5. The highest BCUT2D eigenvalue weighted by atomic mass is 32.1. The van der Waals surface area contributed by atoms with Crippen LogP contribution in [0.4, 0.5) is 4.79 Å². The molecule has 0 amide bonds. The minimum Gasteiger partial charge on any atom is -0.449 e. The monoisotopic (exact) mass is 550 g/mol. The second-order valence-electron chi connectivity index (χ2n) is 10.1. The third kappa shape index (κ3) is 4.64. The van der Waals surface area contributed by atoms with E-state index in [9.17, 15) is 4.79 Å². The van der Waals surface area contributed by atoms with E-state index in [4.69, 9.17) is 19.8 Å². The molecule has 0 aliphatic heterocycles. The van der Waals surface area contributed by atoms with Crippen LogP contribution in [-0.4, -0.2) is 30.2 Å². The number of carboxylic acid groups (broad SMARTS) is 1. The first-order chi connectivity index (χ1) is 19.3. The fourth-order valence-electron chi connectivity index (χ4n) is 5.23. The molecular weight excluding hydrogens is 520 g/mol. The summed E-state index contributed by atoms with van der Waals surface area (Å²) >= 11 is 1.72. The third-order valence-corrected chi connectivity index (χ3v) is 8.44. The first-order valence-electron chi connectivity index (χ1n) is 13.4. The molecule has 8 heteroatoms. The van der Waals surface area contributed by atoms with Gasteiger partial charge in [0.15, 0.2) is 4.96 Å². The topological polar surface area (TPSA) is 81.7 Å². The van der Waals surface area contributed by atoms with Gasteiger partial charge in [0.1, 0.15) is 11.6 Å². The van der Waals surface area contributed by atoms with Gasteiger partial charge >= 0.3 is 6.16 Å². The average Bonchev–Trinajstić information content (AvgIpc) is 3.58. The summed E-state index contributed by atoms with van der Waals surface area (Å²) in [5, 5.41) is 9.11. The zero-order valence-corrected chi connectivity index (χ0v) is 23.7. The van der Waals surface area contributed by atoms with Crippen molar-refractivity contribution in [3.8, 4) is 28.1 Å². The predicted molar refractivity (Wildman–Crippen MR) is 160 cm³/mol. The molecule has 0 atom stereocenters. The lowest BCUT2D eigenvalue weighted by Crippen LogP contribution is -2.05. The maximum absolute atomic E-state index is 11.1. The first-order valence-corrected chi connectivity index (χ1v) is 14.2. The van der Waals surface area contributed by atoms with Crippen LogP contribution in [0.25, 0.3) is 38.4 Å². The summed E-state index contributed by atoms with van der Waals surface area (Å²) in [5.41, 5.74) is 9.32. The van der Waals surface area contributed by atoms with Crippen LogP contribution >= 0.6 is 11.3 Å². The van der Waals surface area contributed by atoms with Gasteiger partial charge in [-0.15, -0.1) is 11.3 Å². The lowest BCUT2D eigenvalue weighted by molar-refractivity contribution is 0.144. The molecule has 7 nitrogen and oxygen atoms in total. The van der Waals surface area contributed by atoms with Crippen molar-refractivity contribution in [1.29, 1.82) is 0 Å². The number of nitrogens with zero attached hydrogens (tertiary/aromatic N) is 4. The maximum Gasteiger partial charge on any atom is 0.511 e. The van der Waals surface area contributed by atoms with Gasteiger partial charge in [0.2, 0.25) is 0 Å². The Labute approximate surface area is 236 Å². The van der Waals surface area contributed by atoms with Crippen molar-refractivity contribution in [3.63, 3.8) is 0 Å². The Balaban J connectivity index is 1.38. The number of ether oxygens (including phenoxy) is 1. The Morgan fingerprint density at radius 3 is 2.50 bits per heavy atom. The standard InChI is InChI=1S/C32H30N4O3S/c1-5-8-29-34-30-19(2)15-24(26-18-35-20(3)21(4)40-31(35)33-26)16-27(30)36(29)17-22-11-13-23(14-12-22)25-9-6-7-10-28(25)39-32(37)38/h6-7,9-16,18H,5,8,17H2,1-4H3,(H,37,38). The second kappa shape index (κ2) is 10.3. The summed E-state index contributed by atoms with van der Waals surface area (Å²) < 4.78 is 9.49.